The molecule has 79 heavy (non-hydrogen) atoms. The van der Waals surface area contributed by atoms with Crippen LogP contribution in [0.2, 0.25) is 0 Å². The van der Waals surface area contributed by atoms with Crippen LogP contribution >= 0.6 is 0 Å². The molecule has 10 aromatic rings. The van der Waals surface area contributed by atoms with E-state index in [1.54, 1.807) is 94.9 Å². The maximum Gasteiger partial charge on any atom is 0.330 e. The molecule has 8 aromatic heterocycles. The summed E-state index contributed by atoms with van der Waals surface area (Å²) >= 11 is 0. The number of furan rings is 2. The van der Waals surface area contributed by atoms with Gasteiger partial charge in [0.25, 0.3) is 0 Å². The summed E-state index contributed by atoms with van der Waals surface area (Å²) in [5.74, 6) is 4.21. The van der Waals surface area contributed by atoms with E-state index in [-0.39, 0.29) is 17.3 Å². The molecule has 0 spiro atoms. The minimum atomic E-state index is -0.168. The van der Waals surface area contributed by atoms with Crippen LogP contribution in [0.25, 0.3) is 56.8 Å². The number of nitrogens with two attached hydrogens (primary N) is 1. The van der Waals surface area contributed by atoms with Crippen LogP contribution in [0.3, 0.4) is 0 Å². The number of piperazine rings is 2. The van der Waals surface area contributed by atoms with Crippen molar-refractivity contribution in [2.75, 3.05) is 134 Å². The van der Waals surface area contributed by atoms with Crippen LogP contribution in [0.4, 0.5) is 23.3 Å². The van der Waals surface area contributed by atoms with Gasteiger partial charge in [-0.25, -0.2) is 19.6 Å². The van der Waals surface area contributed by atoms with Crippen molar-refractivity contribution in [3.05, 3.63) is 106 Å². The Kier molecular flexibility index (Phi) is 15.3. The number of anilines is 4. The van der Waals surface area contributed by atoms with Gasteiger partial charge in [0.05, 0.1) is 25.7 Å². The second-order valence-corrected chi connectivity index (χ2v) is 19.1. The smallest absolute Gasteiger partial charge is 0.330 e. The molecule has 26 heteroatoms. The van der Waals surface area contributed by atoms with Crippen LogP contribution in [0.1, 0.15) is 0 Å². The van der Waals surface area contributed by atoms with Gasteiger partial charge in [0.1, 0.15) is 35.7 Å². The highest BCUT2D eigenvalue weighted by molar-refractivity contribution is 5.89. The van der Waals surface area contributed by atoms with Crippen LogP contribution in [0.5, 0.6) is 11.5 Å². The third-order valence-corrected chi connectivity index (χ3v) is 14.4. The highest BCUT2D eigenvalue weighted by atomic mass is 16.5. The maximum absolute atomic E-state index is 13.3. The van der Waals surface area contributed by atoms with Crippen molar-refractivity contribution in [1.29, 1.82) is 0 Å². The molecule has 10 heterocycles. The van der Waals surface area contributed by atoms with E-state index in [4.69, 9.17) is 43.5 Å². The van der Waals surface area contributed by atoms with Gasteiger partial charge >= 0.3 is 11.4 Å². The molecular formula is C53H64N18O8. The van der Waals surface area contributed by atoms with Gasteiger partial charge in [0.2, 0.25) is 23.5 Å². The molecule has 0 saturated carbocycles. The summed E-state index contributed by atoms with van der Waals surface area (Å²) in [4.78, 5) is 54.6. The standard InChI is InChI=1S/C27H33N9O4.C26H31N9O4/c1-28-26-30-24-22(25-29-23(31-36(25)26)21-5-4-16-40-21)32(2)27(37)35(24)15-12-33-10-13-34(14-11-33)19-6-8-20(9-7-19)39-18-17-38-3;1-31-21-23(29-25(27)35-24(21)28-22(30-35)20-4-3-15-39-20)34(26(31)36)14-11-32-9-12-33(13-10-32)18-5-7-19(8-6-18)38-17-16-37-2/h4-9,16H,10-15,17-18H2,1-3H3,(H,28,30);3-8,15H,9-14,16-17H2,1-2H3,(H2,27,29). The van der Waals surface area contributed by atoms with Crippen molar-refractivity contribution >= 4 is 56.9 Å². The fourth-order valence-electron chi connectivity index (χ4n) is 10.1. The van der Waals surface area contributed by atoms with Gasteiger partial charge in [-0.2, -0.15) is 19.0 Å². The van der Waals surface area contributed by atoms with Crippen molar-refractivity contribution in [1.82, 2.24) is 67.2 Å². The Labute approximate surface area is 452 Å². The fraction of sp³-hybridized carbons (Fsp3) is 0.396. The topological polar surface area (TPSA) is 254 Å². The van der Waals surface area contributed by atoms with E-state index < -0.39 is 0 Å². The molecule has 12 rings (SSSR count). The molecule has 2 aliphatic heterocycles. The van der Waals surface area contributed by atoms with Gasteiger partial charge in [0.15, 0.2) is 34.1 Å². The van der Waals surface area contributed by atoms with E-state index in [2.05, 4.69) is 69.3 Å². The fourth-order valence-corrected chi connectivity index (χ4v) is 10.1. The highest BCUT2D eigenvalue weighted by Gasteiger charge is 2.26. The Balaban J connectivity index is 0.000000167. The van der Waals surface area contributed by atoms with Gasteiger partial charge in [-0.3, -0.25) is 28.1 Å². The number of aryl methyl sites for hydroxylation is 2. The molecule has 2 aliphatic rings. The average Bonchev–Trinajstić information content (AvgIpc) is 4.42. The van der Waals surface area contributed by atoms with Crippen molar-refractivity contribution in [3.63, 3.8) is 0 Å². The van der Waals surface area contributed by atoms with Crippen LogP contribution in [0.15, 0.2) is 104 Å². The SMILES string of the molecule is CNc1nc2c(c3nc(-c4ccco4)nn13)n(C)c(=O)n2CCN1CCN(c2ccc(OCCOC)cc2)CC1.COCCOc1ccc(N2CCN(CCn3c(=O)n(C)c4c3nc(N)n3nc(-c5ccco5)nc43)CC2)cc1. The van der Waals surface area contributed by atoms with Gasteiger partial charge in [-0.15, -0.1) is 10.2 Å². The molecule has 0 radical (unpaired) electrons. The minimum absolute atomic E-state index is 0.133. The molecule has 2 fully saturated rings. The number of rotatable bonds is 19. The Bertz CT molecular complexity index is 3770. The lowest BCUT2D eigenvalue weighted by molar-refractivity contribution is 0.146. The van der Waals surface area contributed by atoms with Crippen molar-refractivity contribution < 1.29 is 27.8 Å². The number of hydrogen-bond acceptors (Lipinski definition) is 20. The number of fused-ring (bicyclic) bond motifs is 6. The number of nitrogens with zero attached hydrogens (tertiary/aromatic N) is 16. The third-order valence-electron chi connectivity index (χ3n) is 14.4. The highest BCUT2D eigenvalue weighted by Crippen LogP contribution is 2.27. The summed E-state index contributed by atoms with van der Waals surface area (Å²) < 4.78 is 41.9. The first-order chi connectivity index (χ1) is 38.6. The van der Waals surface area contributed by atoms with Crippen LogP contribution < -0.4 is 41.7 Å². The summed E-state index contributed by atoms with van der Waals surface area (Å²) in [6.45, 7) is 11.9. The molecule has 2 aromatic carbocycles. The lowest BCUT2D eigenvalue weighted by atomic mass is 10.2. The largest absolute Gasteiger partial charge is 0.491 e. The van der Waals surface area contributed by atoms with Crippen LogP contribution in [0, 0.1) is 0 Å². The molecule has 0 aliphatic carbocycles. The monoisotopic (exact) mass is 1080 g/mol. The molecule has 3 N–H and O–H groups in total. The van der Waals surface area contributed by atoms with Crippen LogP contribution in [-0.4, -0.2) is 180 Å². The Morgan fingerprint density at radius 3 is 1.42 bits per heavy atom. The van der Waals surface area contributed by atoms with Crippen LogP contribution in [-0.2, 0) is 36.7 Å². The summed E-state index contributed by atoms with van der Waals surface area (Å²) in [6.07, 6.45) is 3.14. The second kappa shape index (κ2) is 23.1. The quantitative estimate of drug-likeness (QED) is 0.110. The Morgan fingerprint density at radius 1 is 0.544 bits per heavy atom. The third kappa shape index (κ3) is 10.7. The summed E-state index contributed by atoms with van der Waals surface area (Å²) in [6, 6.07) is 23.5. The number of benzene rings is 2. The molecule has 414 valence electrons. The van der Waals surface area contributed by atoms with E-state index in [1.165, 1.54) is 15.9 Å². The first-order valence-electron chi connectivity index (χ1n) is 26.2. The first-order valence-corrected chi connectivity index (χ1v) is 26.2. The molecule has 26 nitrogen and oxygen atoms in total. The number of methoxy groups -OCH3 is 2. The van der Waals surface area contributed by atoms with E-state index in [9.17, 15) is 9.59 Å². The zero-order valence-electron chi connectivity index (χ0n) is 44.9. The summed E-state index contributed by atoms with van der Waals surface area (Å²) in [7, 11) is 8.56. The molecule has 0 unspecified atom stereocenters. The lowest BCUT2D eigenvalue weighted by Gasteiger charge is -2.36. The predicted molar refractivity (Wildman–Crippen MR) is 297 cm³/mol. The molecule has 0 atom stereocenters. The number of aromatic nitrogens is 12. The average molecular weight is 1080 g/mol. The zero-order valence-corrected chi connectivity index (χ0v) is 44.9. The number of imidazole rings is 2. The zero-order chi connectivity index (χ0) is 54.6. The van der Waals surface area contributed by atoms with Gasteiger partial charge < -0.3 is 48.6 Å². The van der Waals surface area contributed by atoms with E-state index >= 15 is 0 Å². The molecular weight excluding hydrogens is 1020 g/mol. The van der Waals surface area contributed by atoms with E-state index in [1.807, 2.05) is 24.3 Å². The van der Waals surface area contributed by atoms with Crippen molar-refractivity contribution in [2.24, 2.45) is 14.1 Å². The second-order valence-electron chi connectivity index (χ2n) is 19.1. The Hall–Kier alpha value is -8.72. The van der Waals surface area contributed by atoms with E-state index in [0.29, 0.717) is 102 Å². The molecule has 2 saturated heterocycles. The van der Waals surface area contributed by atoms with Crippen molar-refractivity contribution in [2.45, 2.75) is 13.1 Å². The molecule has 0 bridgehead atoms. The number of nitrogens with one attached hydrogen (secondary N) is 1. The van der Waals surface area contributed by atoms with Gasteiger partial charge in [-0.05, 0) is 72.8 Å². The number of hydrogen-bond donors (Lipinski definition) is 2. The first kappa shape index (κ1) is 52.3. The van der Waals surface area contributed by atoms with Gasteiger partial charge in [-0.1, -0.05) is 0 Å². The number of ether oxygens (including phenoxy) is 4. The predicted octanol–water partition coefficient (Wildman–Crippen LogP) is 3.39. The summed E-state index contributed by atoms with van der Waals surface area (Å²) in [5, 5.41) is 12.1. The van der Waals surface area contributed by atoms with Crippen molar-refractivity contribution in [3.8, 4) is 34.7 Å². The maximum atomic E-state index is 13.3. The normalized spacial score (nSPS) is 14.5. The Morgan fingerprint density at radius 2 is 0.987 bits per heavy atom. The minimum Gasteiger partial charge on any atom is -0.491 e. The summed E-state index contributed by atoms with van der Waals surface area (Å²) in [5.41, 5.74) is 11.6. The van der Waals surface area contributed by atoms with E-state index in [0.717, 1.165) is 76.9 Å². The number of nitrogen functional groups attached to an aromatic ring is 1. The van der Waals surface area contributed by atoms with Gasteiger partial charge in [0, 0.05) is 125 Å². The lowest BCUT2D eigenvalue weighted by Crippen LogP contribution is -2.47. The molecule has 0 amide bonds.